The number of aromatic nitrogens is 1. The summed E-state index contributed by atoms with van der Waals surface area (Å²) in [6.45, 7) is 0. The molecular formula is C11H9Cl2NO2. The summed E-state index contributed by atoms with van der Waals surface area (Å²) >= 11 is 12.2. The summed E-state index contributed by atoms with van der Waals surface area (Å²) in [4.78, 5) is 4.21. The first kappa shape index (κ1) is 11.3. The maximum atomic E-state index is 6.11. The van der Waals surface area contributed by atoms with Crippen molar-refractivity contribution in [1.29, 1.82) is 0 Å². The minimum Gasteiger partial charge on any atom is -0.494 e. The van der Waals surface area contributed by atoms with Gasteiger partial charge in [0.2, 0.25) is 0 Å². The monoisotopic (exact) mass is 257 g/mol. The van der Waals surface area contributed by atoms with E-state index in [1.165, 1.54) is 7.11 Å². The van der Waals surface area contributed by atoms with Crippen LogP contribution in [-0.4, -0.2) is 19.2 Å². The summed E-state index contributed by atoms with van der Waals surface area (Å²) in [5.41, 5.74) is 0.635. The third-order valence-electron chi connectivity index (χ3n) is 2.26. The van der Waals surface area contributed by atoms with Crippen molar-refractivity contribution >= 4 is 34.1 Å². The molecule has 5 heteroatoms. The van der Waals surface area contributed by atoms with Crippen molar-refractivity contribution in [3.63, 3.8) is 0 Å². The van der Waals surface area contributed by atoms with Gasteiger partial charge < -0.3 is 9.47 Å². The zero-order chi connectivity index (χ0) is 11.7. The Labute approximate surface area is 103 Å². The lowest BCUT2D eigenvalue weighted by molar-refractivity contribution is 0.410. The van der Waals surface area contributed by atoms with E-state index in [-0.39, 0.29) is 0 Å². The average Bonchev–Trinajstić information content (AvgIpc) is 2.29. The third kappa shape index (κ3) is 1.66. The van der Waals surface area contributed by atoms with Crippen LogP contribution in [0, 0.1) is 0 Å². The van der Waals surface area contributed by atoms with Crippen molar-refractivity contribution < 1.29 is 9.47 Å². The van der Waals surface area contributed by atoms with Gasteiger partial charge >= 0.3 is 0 Å². The quantitative estimate of drug-likeness (QED) is 0.825. The maximum Gasteiger partial charge on any atom is 0.148 e. The van der Waals surface area contributed by atoms with Gasteiger partial charge in [-0.1, -0.05) is 23.2 Å². The highest BCUT2D eigenvalue weighted by Crippen LogP contribution is 2.41. The number of benzene rings is 1. The number of nitrogens with zero attached hydrogens (tertiary/aromatic N) is 1. The van der Waals surface area contributed by atoms with Crippen LogP contribution in [0.25, 0.3) is 10.9 Å². The molecule has 1 aromatic heterocycles. The Morgan fingerprint density at radius 2 is 1.88 bits per heavy atom. The van der Waals surface area contributed by atoms with E-state index < -0.39 is 0 Å². The summed E-state index contributed by atoms with van der Waals surface area (Å²) in [6, 6.07) is 3.34. The van der Waals surface area contributed by atoms with Crippen LogP contribution >= 0.6 is 23.2 Å². The van der Waals surface area contributed by atoms with E-state index in [4.69, 9.17) is 32.7 Å². The number of rotatable bonds is 2. The fraction of sp³-hybridized carbons (Fsp3) is 0.182. The molecule has 0 aliphatic rings. The van der Waals surface area contributed by atoms with Crippen molar-refractivity contribution in [2.75, 3.05) is 14.2 Å². The summed E-state index contributed by atoms with van der Waals surface area (Å²) in [5.74, 6) is 1.08. The van der Waals surface area contributed by atoms with Crippen molar-refractivity contribution in [3.8, 4) is 11.5 Å². The van der Waals surface area contributed by atoms with Gasteiger partial charge in [0.15, 0.2) is 0 Å². The molecule has 84 valence electrons. The van der Waals surface area contributed by atoms with E-state index in [9.17, 15) is 0 Å². The Bertz CT molecular complexity index is 543. The first-order valence-corrected chi connectivity index (χ1v) is 5.29. The van der Waals surface area contributed by atoms with E-state index in [2.05, 4.69) is 4.98 Å². The van der Waals surface area contributed by atoms with Crippen LogP contribution in [0.5, 0.6) is 11.5 Å². The average molecular weight is 258 g/mol. The normalized spacial score (nSPS) is 10.5. The number of ether oxygens (including phenoxy) is 2. The molecule has 2 rings (SSSR count). The van der Waals surface area contributed by atoms with Crippen LogP contribution in [0.3, 0.4) is 0 Å². The molecule has 1 heterocycles. The Morgan fingerprint density at radius 3 is 2.50 bits per heavy atom. The summed E-state index contributed by atoms with van der Waals surface area (Å²) in [7, 11) is 3.09. The zero-order valence-corrected chi connectivity index (χ0v) is 10.3. The minimum absolute atomic E-state index is 0.446. The molecule has 0 spiro atoms. The highest BCUT2D eigenvalue weighted by Gasteiger charge is 2.15. The molecule has 0 fully saturated rings. The Morgan fingerprint density at radius 1 is 1.12 bits per heavy atom. The molecule has 0 amide bonds. The molecule has 0 saturated heterocycles. The van der Waals surface area contributed by atoms with Gasteiger partial charge in [0.25, 0.3) is 0 Å². The molecular weight excluding hydrogens is 249 g/mol. The van der Waals surface area contributed by atoms with E-state index in [1.807, 2.05) is 0 Å². The lowest BCUT2D eigenvalue weighted by Gasteiger charge is -2.11. The topological polar surface area (TPSA) is 31.4 Å². The second-order valence-electron chi connectivity index (χ2n) is 3.11. The second kappa shape index (κ2) is 4.36. The molecule has 3 nitrogen and oxygen atoms in total. The Kier molecular flexibility index (Phi) is 3.08. The summed E-state index contributed by atoms with van der Waals surface area (Å²) < 4.78 is 10.4. The number of pyridine rings is 1. The molecule has 0 saturated carbocycles. The van der Waals surface area contributed by atoms with Crippen molar-refractivity contribution in [3.05, 3.63) is 28.4 Å². The number of hydrogen-bond donors (Lipinski definition) is 0. The maximum absolute atomic E-state index is 6.11. The fourth-order valence-corrected chi connectivity index (χ4v) is 2.07. The fourth-order valence-electron chi connectivity index (χ4n) is 1.56. The standard InChI is InChI=1S/C11H9Cl2NO2/c1-15-8-5-7(13)11(16-2)9-6(12)3-4-14-10(8)9/h3-5H,1-2H3. The molecule has 0 aliphatic carbocycles. The van der Waals surface area contributed by atoms with E-state index in [1.54, 1.807) is 25.4 Å². The van der Waals surface area contributed by atoms with Gasteiger partial charge in [-0.05, 0) is 6.07 Å². The van der Waals surface area contributed by atoms with Gasteiger partial charge in [0, 0.05) is 12.3 Å². The number of hydrogen-bond acceptors (Lipinski definition) is 3. The van der Waals surface area contributed by atoms with Gasteiger partial charge in [-0.15, -0.1) is 0 Å². The smallest absolute Gasteiger partial charge is 0.148 e. The lowest BCUT2D eigenvalue weighted by Crippen LogP contribution is -1.93. The van der Waals surface area contributed by atoms with Crippen LogP contribution in [0.15, 0.2) is 18.3 Å². The van der Waals surface area contributed by atoms with Gasteiger partial charge in [0.1, 0.15) is 17.0 Å². The first-order chi connectivity index (χ1) is 7.69. The predicted octanol–water partition coefficient (Wildman–Crippen LogP) is 3.56. The van der Waals surface area contributed by atoms with Crippen LogP contribution in [-0.2, 0) is 0 Å². The second-order valence-corrected chi connectivity index (χ2v) is 3.92. The molecule has 0 atom stereocenters. The molecule has 16 heavy (non-hydrogen) atoms. The van der Waals surface area contributed by atoms with Gasteiger partial charge in [0.05, 0.1) is 29.7 Å². The predicted molar refractivity (Wildman–Crippen MR) is 64.9 cm³/mol. The van der Waals surface area contributed by atoms with Gasteiger partial charge in [-0.3, -0.25) is 4.98 Å². The highest BCUT2D eigenvalue weighted by molar-refractivity contribution is 6.38. The molecule has 2 aromatic rings. The van der Waals surface area contributed by atoms with Crippen molar-refractivity contribution in [2.45, 2.75) is 0 Å². The molecule has 0 radical (unpaired) electrons. The number of fused-ring (bicyclic) bond motifs is 1. The zero-order valence-electron chi connectivity index (χ0n) is 8.75. The summed E-state index contributed by atoms with van der Waals surface area (Å²) in [6.07, 6.45) is 1.61. The molecule has 1 aromatic carbocycles. The van der Waals surface area contributed by atoms with Gasteiger partial charge in [-0.2, -0.15) is 0 Å². The number of methoxy groups -OCH3 is 2. The largest absolute Gasteiger partial charge is 0.494 e. The minimum atomic E-state index is 0.446. The first-order valence-electron chi connectivity index (χ1n) is 4.53. The summed E-state index contributed by atoms with van der Waals surface area (Å²) in [5, 5.41) is 1.64. The van der Waals surface area contributed by atoms with Crippen molar-refractivity contribution in [1.82, 2.24) is 4.98 Å². The molecule has 0 unspecified atom stereocenters. The van der Waals surface area contributed by atoms with Crippen LogP contribution in [0.2, 0.25) is 10.0 Å². The van der Waals surface area contributed by atoms with Crippen LogP contribution in [0.1, 0.15) is 0 Å². The third-order valence-corrected chi connectivity index (χ3v) is 2.86. The Hall–Kier alpha value is -1.19. The molecule has 0 aliphatic heterocycles. The van der Waals surface area contributed by atoms with E-state index in [0.29, 0.717) is 32.4 Å². The van der Waals surface area contributed by atoms with Crippen LogP contribution in [0.4, 0.5) is 0 Å². The van der Waals surface area contributed by atoms with E-state index in [0.717, 1.165) is 0 Å². The molecule has 0 N–H and O–H groups in total. The van der Waals surface area contributed by atoms with Crippen LogP contribution < -0.4 is 9.47 Å². The van der Waals surface area contributed by atoms with E-state index >= 15 is 0 Å². The number of halogens is 2. The lowest BCUT2D eigenvalue weighted by atomic mass is 10.2. The molecule has 0 bridgehead atoms. The highest BCUT2D eigenvalue weighted by atomic mass is 35.5. The SMILES string of the molecule is COc1cc(Cl)c(OC)c2c(Cl)ccnc12. The van der Waals surface area contributed by atoms with Crippen molar-refractivity contribution in [2.24, 2.45) is 0 Å². The Balaban J connectivity index is 2.94. The van der Waals surface area contributed by atoms with Gasteiger partial charge in [-0.25, -0.2) is 0 Å².